The van der Waals surface area contributed by atoms with Crippen LogP contribution < -0.4 is 18.9 Å². The molecule has 0 radical (unpaired) electrons. The molecule has 1 aliphatic rings. The van der Waals surface area contributed by atoms with Crippen molar-refractivity contribution in [1.29, 1.82) is 0 Å². The summed E-state index contributed by atoms with van der Waals surface area (Å²) in [5, 5.41) is 1.20. The average Bonchev–Trinajstić information content (AvgIpc) is 3.57. The van der Waals surface area contributed by atoms with Crippen LogP contribution in [0.4, 0.5) is 0 Å². The number of halogens is 1. The number of likely N-dealkylation sites (tertiary alicyclic amines) is 1. The van der Waals surface area contributed by atoms with Crippen LogP contribution in [0.2, 0.25) is 0 Å². The van der Waals surface area contributed by atoms with Crippen molar-refractivity contribution in [3.05, 3.63) is 139 Å². The van der Waals surface area contributed by atoms with Crippen LogP contribution in [0.1, 0.15) is 30.4 Å². The Balaban J connectivity index is 0.00000401. The van der Waals surface area contributed by atoms with Crippen LogP contribution in [0, 0.1) is 0 Å². The Hall–Kier alpha value is -4.49. The van der Waals surface area contributed by atoms with Crippen molar-refractivity contribution in [2.24, 2.45) is 0 Å². The maximum atomic E-state index is 6.57. The van der Waals surface area contributed by atoms with E-state index in [4.69, 9.17) is 18.9 Å². The second-order valence-electron chi connectivity index (χ2n) is 11.8. The molecule has 7 rings (SSSR count). The number of thiophene rings is 1. The van der Waals surface area contributed by atoms with Crippen molar-refractivity contribution in [2.45, 2.75) is 32.5 Å². The van der Waals surface area contributed by atoms with E-state index in [0.717, 1.165) is 39.6 Å². The summed E-state index contributed by atoms with van der Waals surface area (Å²) in [4.78, 5) is 3.59. The van der Waals surface area contributed by atoms with Crippen LogP contribution in [0.25, 0.3) is 20.5 Å². The lowest BCUT2D eigenvalue weighted by molar-refractivity contribution is 0.183. The van der Waals surface area contributed by atoms with Gasteiger partial charge in [-0.3, -0.25) is 4.90 Å². The molecule has 0 unspecified atom stereocenters. The summed E-state index contributed by atoms with van der Waals surface area (Å²) in [6, 6.07) is 42.9. The second kappa shape index (κ2) is 16.6. The Kier molecular flexibility index (Phi) is 11.5. The first-order valence-electron chi connectivity index (χ1n) is 16.4. The van der Waals surface area contributed by atoms with E-state index < -0.39 is 0 Å². The molecule has 0 N–H and O–H groups in total. The van der Waals surface area contributed by atoms with E-state index in [0.29, 0.717) is 37.1 Å². The van der Waals surface area contributed by atoms with Crippen molar-refractivity contribution in [2.75, 3.05) is 26.2 Å². The first-order chi connectivity index (χ1) is 23.3. The molecule has 246 valence electrons. The Morgan fingerprint density at radius 2 is 1.19 bits per heavy atom. The smallest absolute Gasteiger partial charge is 0.170 e. The highest BCUT2D eigenvalue weighted by Gasteiger charge is 2.19. The molecule has 6 aromatic rings. The molecule has 0 aliphatic carbocycles. The Morgan fingerprint density at radius 1 is 0.562 bits per heavy atom. The van der Waals surface area contributed by atoms with Crippen molar-refractivity contribution in [3.8, 4) is 39.2 Å². The minimum atomic E-state index is 0. The topological polar surface area (TPSA) is 40.2 Å². The molecule has 48 heavy (non-hydrogen) atoms. The van der Waals surface area contributed by atoms with Gasteiger partial charge in [-0.15, -0.1) is 23.7 Å². The number of hydrogen-bond acceptors (Lipinski definition) is 6. The van der Waals surface area contributed by atoms with Gasteiger partial charge in [-0.1, -0.05) is 85.3 Å². The summed E-state index contributed by atoms with van der Waals surface area (Å²) >= 11 is 1.74. The van der Waals surface area contributed by atoms with Gasteiger partial charge in [0.25, 0.3) is 0 Å². The summed E-state index contributed by atoms with van der Waals surface area (Å²) in [5.74, 6) is 3.53. The van der Waals surface area contributed by atoms with E-state index in [1.165, 1.54) is 42.4 Å². The maximum Gasteiger partial charge on any atom is 0.170 e. The molecule has 0 atom stereocenters. The zero-order valence-corrected chi connectivity index (χ0v) is 28.5. The average molecular weight is 678 g/mol. The number of fused-ring (bicyclic) bond motifs is 1. The van der Waals surface area contributed by atoms with E-state index in [9.17, 15) is 0 Å². The van der Waals surface area contributed by atoms with Gasteiger partial charge in [0.1, 0.15) is 37.1 Å². The van der Waals surface area contributed by atoms with Crippen LogP contribution in [0.15, 0.2) is 127 Å². The van der Waals surface area contributed by atoms with E-state index in [1.807, 2.05) is 72.8 Å². The molecule has 0 bridgehead atoms. The lowest BCUT2D eigenvalue weighted by Gasteiger charge is -2.26. The summed E-state index contributed by atoms with van der Waals surface area (Å²) in [7, 11) is 0. The number of nitrogens with zero attached hydrogens (tertiary/aromatic N) is 1. The van der Waals surface area contributed by atoms with Crippen LogP contribution in [0.3, 0.4) is 0 Å². The molecule has 5 nitrogen and oxygen atoms in total. The van der Waals surface area contributed by atoms with Gasteiger partial charge in [0.05, 0.1) is 0 Å². The molecule has 1 fully saturated rings. The van der Waals surface area contributed by atoms with Crippen LogP contribution in [0.5, 0.6) is 28.7 Å². The molecular weight excluding hydrogens is 638 g/mol. The second-order valence-corrected chi connectivity index (χ2v) is 12.9. The minimum absolute atomic E-state index is 0. The fourth-order valence-corrected chi connectivity index (χ4v) is 6.92. The molecule has 2 heterocycles. The predicted octanol–water partition coefficient (Wildman–Crippen LogP) is 10.8. The first kappa shape index (κ1) is 33.4. The van der Waals surface area contributed by atoms with Crippen LogP contribution in [-0.4, -0.2) is 31.1 Å². The van der Waals surface area contributed by atoms with E-state index in [-0.39, 0.29) is 12.4 Å². The van der Waals surface area contributed by atoms with Gasteiger partial charge in [0, 0.05) is 27.8 Å². The lowest BCUT2D eigenvalue weighted by Crippen LogP contribution is -2.33. The number of rotatable bonds is 13. The van der Waals surface area contributed by atoms with E-state index >= 15 is 0 Å². The van der Waals surface area contributed by atoms with Crippen molar-refractivity contribution < 1.29 is 18.9 Å². The zero-order valence-electron chi connectivity index (χ0n) is 26.9. The molecule has 0 amide bonds. The lowest BCUT2D eigenvalue weighted by atomic mass is 10.1. The number of piperidine rings is 1. The zero-order chi connectivity index (χ0) is 31.7. The quantitative estimate of drug-likeness (QED) is 0.122. The monoisotopic (exact) mass is 677 g/mol. The van der Waals surface area contributed by atoms with Gasteiger partial charge < -0.3 is 18.9 Å². The SMILES string of the molecule is Cl.c1ccc(COc2cc(OCc3ccccc3)c(-c3cc4ccccc4s3)cc2Oc2ccc(OCCN3CCCCC3)cc2)cc1. The third-order valence-electron chi connectivity index (χ3n) is 8.39. The molecule has 7 heteroatoms. The molecule has 1 saturated heterocycles. The van der Waals surface area contributed by atoms with Gasteiger partial charge in [0.2, 0.25) is 0 Å². The van der Waals surface area contributed by atoms with Crippen molar-refractivity contribution >= 4 is 33.8 Å². The van der Waals surface area contributed by atoms with Gasteiger partial charge in [-0.05, 0) is 84.9 Å². The molecule has 0 spiro atoms. The third kappa shape index (κ3) is 8.70. The first-order valence-corrected chi connectivity index (χ1v) is 17.2. The summed E-state index contributed by atoms with van der Waals surface area (Å²) in [6.45, 7) is 4.83. The van der Waals surface area contributed by atoms with Crippen LogP contribution >= 0.6 is 23.7 Å². The van der Waals surface area contributed by atoms with Gasteiger partial charge in [-0.2, -0.15) is 0 Å². The number of benzene rings is 5. The summed E-state index contributed by atoms with van der Waals surface area (Å²) in [6.07, 6.45) is 3.91. The van der Waals surface area contributed by atoms with Crippen molar-refractivity contribution in [3.63, 3.8) is 0 Å². The van der Waals surface area contributed by atoms with E-state index in [1.54, 1.807) is 11.3 Å². The number of ether oxygens (including phenoxy) is 4. The third-order valence-corrected chi connectivity index (χ3v) is 9.54. The Labute approximate surface area is 293 Å². The highest BCUT2D eigenvalue weighted by Crippen LogP contribution is 2.46. The molecular formula is C41H40ClNO4S. The van der Waals surface area contributed by atoms with E-state index in [2.05, 4.69) is 59.5 Å². The summed E-state index contributed by atoms with van der Waals surface area (Å²) < 4.78 is 26.8. The highest BCUT2D eigenvalue weighted by molar-refractivity contribution is 7.22. The molecule has 0 saturated carbocycles. The fraction of sp³-hybridized carbons (Fsp3) is 0.220. The van der Waals surface area contributed by atoms with Crippen molar-refractivity contribution in [1.82, 2.24) is 4.90 Å². The maximum absolute atomic E-state index is 6.57. The minimum Gasteiger partial charge on any atom is -0.492 e. The van der Waals surface area contributed by atoms with Gasteiger partial charge >= 0.3 is 0 Å². The molecule has 1 aromatic heterocycles. The number of hydrogen-bond donors (Lipinski definition) is 0. The van der Waals surface area contributed by atoms with Gasteiger partial charge in [0.15, 0.2) is 11.5 Å². The molecule has 1 aliphatic heterocycles. The molecule has 5 aromatic carbocycles. The normalized spacial score (nSPS) is 13.1. The summed E-state index contributed by atoms with van der Waals surface area (Å²) in [5.41, 5.74) is 3.13. The standard InChI is InChI=1S/C41H39NO4S.ClH/c1-4-12-31(13-5-1)29-44-37-28-38(45-30-32-14-6-2-7-15-32)39(27-36(37)41-26-33-16-8-9-17-40(33)47-41)46-35-20-18-34(19-21-35)43-25-24-42-22-10-3-11-23-42;/h1-2,4-9,12-21,26-28H,3,10-11,22-25,29-30H2;1H. The highest BCUT2D eigenvalue weighted by atomic mass is 35.5. The predicted molar refractivity (Wildman–Crippen MR) is 198 cm³/mol. The van der Waals surface area contributed by atoms with Crippen LogP contribution in [-0.2, 0) is 13.2 Å². The largest absolute Gasteiger partial charge is 0.492 e. The fourth-order valence-electron chi connectivity index (χ4n) is 5.84. The Bertz CT molecular complexity index is 1840. The van der Waals surface area contributed by atoms with Gasteiger partial charge in [-0.25, -0.2) is 0 Å². The Morgan fingerprint density at radius 3 is 1.88 bits per heavy atom.